The van der Waals surface area contributed by atoms with E-state index in [4.69, 9.17) is 0 Å². The summed E-state index contributed by atoms with van der Waals surface area (Å²) in [6.45, 7) is 0. The molecule has 2 aromatic rings. The van der Waals surface area contributed by atoms with Gasteiger partial charge in [0.25, 0.3) is 0 Å². The van der Waals surface area contributed by atoms with Gasteiger partial charge in [-0.1, -0.05) is 6.42 Å². The van der Waals surface area contributed by atoms with Crippen LogP contribution in [0.25, 0.3) is 11.0 Å². The van der Waals surface area contributed by atoms with Gasteiger partial charge in [-0.2, -0.15) is 0 Å². The number of hydrogen-bond acceptors (Lipinski definition) is 2. The molecule has 0 radical (unpaired) electrons. The number of anilines is 1. The molecule has 2 aliphatic rings. The molecule has 21 heavy (non-hydrogen) atoms. The molecule has 3 N–H and O–H groups in total. The van der Waals surface area contributed by atoms with E-state index in [2.05, 4.69) is 15.3 Å². The lowest BCUT2D eigenvalue weighted by molar-refractivity contribution is -0.117. The second-order valence-electron chi connectivity index (χ2n) is 6.53. The third-order valence-electron chi connectivity index (χ3n) is 5.13. The molecule has 0 unspecified atom stereocenters. The largest absolute Gasteiger partial charge is 0.326 e. The smallest absolute Gasteiger partial charge is 0.323 e. The zero-order chi connectivity index (χ0) is 14.4. The van der Waals surface area contributed by atoms with Crippen LogP contribution < -0.4 is 11.0 Å². The Hall–Kier alpha value is -2.04. The van der Waals surface area contributed by atoms with Gasteiger partial charge in [-0.3, -0.25) is 4.79 Å². The maximum absolute atomic E-state index is 12.2. The van der Waals surface area contributed by atoms with E-state index in [-0.39, 0.29) is 11.6 Å². The average molecular weight is 285 g/mol. The number of carbonyl (C=O) groups is 1. The number of benzene rings is 1. The highest BCUT2D eigenvalue weighted by Gasteiger charge is 2.40. The number of imidazole rings is 1. The van der Waals surface area contributed by atoms with Crippen LogP contribution in [0.4, 0.5) is 5.69 Å². The summed E-state index contributed by atoms with van der Waals surface area (Å²) in [5.41, 5.74) is 1.99. The van der Waals surface area contributed by atoms with Crippen molar-refractivity contribution in [1.82, 2.24) is 9.97 Å². The lowest BCUT2D eigenvalue weighted by Crippen LogP contribution is -2.20. The zero-order valence-electron chi connectivity index (χ0n) is 11.8. The third kappa shape index (κ3) is 2.37. The van der Waals surface area contributed by atoms with Gasteiger partial charge in [-0.05, 0) is 55.2 Å². The normalized spacial score (nSPS) is 27.3. The third-order valence-corrected chi connectivity index (χ3v) is 5.13. The van der Waals surface area contributed by atoms with Gasteiger partial charge >= 0.3 is 5.69 Å². The lowest BCUT2D eigenvalue weighted by atomic mass is 9.86. The summed E-state index contributed by atoms with van der Waals surface area (Å²) < 4.78 is 0. The van der Waals surface area contributed by atoms with E-state index in [1.165, 1.54) is 25.7 Å². The van der Waals surface area contributed by atoms with Gasteiger partial charge < -0.3 is 15.3 Å². The van der Waals surface area contributed by atoms with Crippen molar-refractivity contribution in [2.45, 2.75) is 32.1 Å². The van der Waals surface area contributed by atoms with Gasteiger partial charge in [0.05, 0.1) is 11.0 Å². The van der Waals surface area contributed by atoms with Crippen LogP contribution in [0, 0.1) is 17.8 Å². The Labute approximate surface area is 122 Å². The molecule has 0 saturated heterocycles. The number of amides is 1. The van der Waals surface area contributed by atoms with Crippen LogP contribution in [0.1, 0.15) is 32.1 Å². The topological polar surface area (TPSA) is 77.8 Å². The van der Waals surface area contributed by atoms with Crippen LogP contribution in [0.2, 0.25) is 0 Å². The molecule has 1 heterocycles. The van der Waals surface area contributed by atoms with Crippen molar-refractivity contribution in [1.29, 1.82) is 0 Å². The fraction of sp³-hybridized carbons (Fsp3) is 0.500. The van der Waals surface area contributed by atoms with Crippen LogP contribution in [0.15, 0.2) is 23.0 Å². The number of aromatic amines is 2. The first-order valence-electron chi connectivity index (χ1n) is 7.69. The fourth-order valence-electron chi connectivity index (χ4n) is 4.19. The van der Waals surface area contributed by atoms with Crippen LogP contribution >= 0.6 is 0 Å². The first-order valence-corrected chi connectivity index (χ1v) is 7.69. The highest BCUT2D eigenvalue weighted by atomic mass is 16.1. The summed E-state index contributed by atoms with van der Waals surface area (Å²) >= 11 is 0. The Bertz CT molecular complexity index is 745. The highest BCUT2D eigenvalue weighted by molar-refractivity contribution is 5.93. The van der Waals surface area contributed by atoms with Crippen molar-refractivity contribution in [3.05, 3.63) is 28.7 Å². The number of H-pyrrole nitrogens is 2. The highest BCUT2D eigenvalue weighted by Crippen LogP contribution is 2.49. The average Bonchev–Trinajstić information content (AvgIpc) is 3.11. The van der Waals surface area contributed by atoms with Gasteiger partial charge in [0.1, 0.15) is 0 Å². The number of aromatic nitrogens is 2. The minimum Gasteiger partial charge on any atom is -0.326 e. The van der Waals surface area contributed by atoms with Crippen molar-refractivity contribution >= 4 is 22.6 Å². The molecule has 5 nitrogen and oxygen atoms in total. The lowest BCUT2D eigenvalue weighted by Gasteiger charge is -2.20. The van der Waals surface area contributed by atoms with Crippen molar-refractivity contribution in [2.75, 3.05) is 5.32 Å². The zero-order valence-corrected chi connectivity index (χ0v) is 11.8. The molecule has 2 bridgehead atoms. The molecule has 0 aliphatic heterocycles. The van der Waals surface area contributed by atoms with E-state index in [0.717, 1.165) is 28.6 Å². The summed E-state index contributed by atoms with van der Waals surface area (Å²) in [6, 6.07) is 5.43. The summed E-state index contributed by atoms with van der Waals surface area (Å²) in [5, 5.41) is 2.95. The first kappa shape index (κ1) is 12.7. The molecule has 110 valence electrons. The predicted octanol–water partition coefficient (Wildman–Crippen LogP) is 2.62. The minimum atomic E-state index is -0.226. The quantitative estimate of drug-likeness (QED) is 0.810. The second kappa shape index (κ2) is 4.76. The number of rotatable bonds is 3. The van der Waals surface area contributed by atoms with Gasteiger partial charge in [0, 0.05) is 12.1 Å². The van der Waals surface area contributed by atoms with Gasteiger partial charge in [0.15, 0.2) is 0 Å². The van der Waals surface area contributed by atoms with Crippen molar-refractivity contribution in [3.8, 4) is 0 Å². The van der Waals surface area contributed by atoms with Gasteiger partial charge in [0.2, 0.25) is 5.91 Å². The molecule has 0 spiro atoms. The summed E-state index contributed by atoms with van der Waals surface area (Å²) in [7, 11) is 0. The van der Waals surface area contributed by atoms with Gasteiger partial charge in [-0.25, -0.2) is 4.79 Å². The van der Waals surface area contributed by atoms with E-state index in [9.17, 15) is 9.59 Å². The van der Waals surface area contributed by atoms with Crippen LogP contribution in [-0.2, 0) is 4.79 Å². The molecule has 2 aliphatic carbocycles. The van der Waals surface area contributed by atoms with Crippen molar-refractivity contribution < 1.29 is 4.79 Å². The second-order valence-corrected chi connectivity index (χ2v) is 6.53. The summed E-state index contributed by atoms with van der Waals surface area (Å²) in [6.07, 6.45) is 5.85. The van der Waals surface area contributed by atoms with E-state index < -0.39 is 0 Å². The van der Waals surface area contributed by atoms with E-state index >= 15 is 0 Å². The molecule has 5 heteroatoms. The Morgan fingerprint density at radius 2 is 2.05 bits per heavy atom. The maximum Gasteiger partial charge on any atom is 0.323 e. The standard InChI is InChI=1S/C16H19N3O2/c20-15(7-11-6-9-1-2-10(11)5-9)17-12-3-4-13-14(8-12)19-16(21)18-13/h3-4,8-11H,1-2,5-7H2,(H,17,20)(H2,18,19,21)/t9-,10-,11+/m0/s1. The Balaban J connectivity index is 1.44. The van der Waals surface area contributed by atoms with Crippen molar-refractivity contribution in [2.24, 2.45) is 17.8 Å². The maximum atomic E-state index is 12.2. The monoisotopic (exact) mass is 285 g/mol. The number of fused-ring (bicyclic) bond motifs is 3. The predicted molar refractivity (Wildman–Crippen MR) is 81.1 cm³/mol. The van der Waals surface area contributed by atoms with Crippen LogP contribution in [0.3, 0.4) is 0 Å². The first-order chi connectivity index (χ1) is 10.2. The molecule has 1 amide bonds. The molecular weight excluding hydrogens is 266 g/mol. The molecule has 1 aromatic carbocycles. The molecule has 1 aromatic heterocycles. The Morgan fingerprint density at radius 3 is 2.81 bits per heavy atom. The number of carbonyl (C=O) groups excluding carboxylic acids is 1. The SMILES string of the molecule is O=C(C[C@H]1C[C@H]2CC[C@H]1C2)Nc1ccc2[nH]c(=O)[nH]c2c1. The van der Waals surface area contributed by atoms with Gasteiger partial charge in [-0.15, -0.1) is 0 Å². The molecule has 3 atom stereocenters. The summed E-state index contributed by atoms with van der Waals surface area (Å²) in [5.74, 6) is 2.29. The van der Waals surface area contributed by atoms with E-state index in [1.807, 2.05) is 6.07 Å². The molecule has 2 fully saturated rings. The molecular formula is C16H19N3O2. The van der Waals surface area contributed by atoms with E-state index in [0.29, 0.717) is 12.3 Å². The fourth-order valence-corrected chi connectivity index (χ4v) is 4.19. The summed E-state index contributed by atoms with van der Waals surface area (Å²) in [4.78, 5) is 28.8. The number of nitrogens with one attached hydrogen (secondary N) is 3. The Kier molecular flexibility index (Phi) is 2.87. The molecule has 4 rings (SSSR count). The molecule has 2 saturated carbocycles. The minimum absolute atomic E-state index is 0.0878. The van der Waals surface area contributed by atoms with Crippen LogP contribution in [-0.4, -0.2) is 15.9 Å². The van der Waals surface area contributed by atoms with Crippen molar-refractivity contribution in [3.63, 3.8) is 0 Å². The number of hydrogen-bond donors (Lipinski definition) is 3. The van der Waals surface area contributed by atoms with Crippen LogP contribution in [0.5, 0.6) is 0 Å². The van der Waals surface area contributed by atoms with E-state index in [1.54, 1.807) is 12.1 Å². The Morgan fingerprint density at radius 1 is 1.19 bits per heavy atom.